The van der Waals surface area contributed by atoms with Crippen LogP contribution < -0.4 is 16.4 Å². The third kappa shape index (κ3) is 4.37. The maximum absolute atomic E-state index is 12.3. The number of hydrogen-bond donors (Lipinski definition) is 3. The number of benzene rings is 2. The van der Waals surface area contributed by atoms with Crippen LogP contribution in [0.3, 0.4) is 0 Å². The molecule has 2 aromatic rings. The quantitative estimate of drug-likeness (QED) is 0.778. The van der Waals surface area contributed by atoms with Crippen molar-refractivity contribution in [3.8, 4) is 0 Å². The van der Waals surface area contributed by atoms with Crippen LogP contribution in [0, 0.1) is 0 Å². The summed E-state index contributed by atoms with van der Waals surface area (Å²) in [5.41, 5.74) is 6.81. The molecule has 0 radical (unpaired) electrons. The zero-order valence-electron chi connectivity index (χ0n) is 12.3. The van der Waals surface area contributed by atoms with Gasteiger partial charge in [-0.05, 0) is 36.8 Å². The highest BCUT2D eigenvalue weighted by Crippen LogP contribution is 2.26. The van der Waals surface area contributed by atoms with Gasteiger partial charge in [-0.3, -0.25) is 4.79 Å². The molecule has 7 heteroatoms. The van der Waals surface area contributed by atoms with Crippen LogP contribution in [0.15, 0.2) is 42.5 Å². The van der Waals surface area contributed by atoms with Gasteiger partial charge in [-0.2, -0.15) is 0 Å². The second-order valence-corrected chi connectivity index (χ2v) is 5.69. The van der Waals surface area contributed by atoms with Gasteiger partial charge in [0.05, 0.1) is 21.7 Å². The topological polar surface area (TPSA) is 84.2 Å². The number of carbonyl (C=O) groups is 2. The van der Waals surface area contributed by atoms with E-state index in [2.05, 4.69) is 10.6 Å². The average Bonchev–Trinajstić information content (AvgIpc) is 2.50. The Morgan fingerprint density at radius 1 is 1.09 bits per heavy atom. The Labute approximate surface area is 143 Å². The van der Waals surface area contributed by atoms with Gasteiger partial charge in [0.2, 0.25) is 0 Å². The summed E-state index contributed by atoms with van der Waals surface area (Å²) in [7, 11) is 0. The highest BCUT2D eigenvalue weighted by Gasteiger charge is 2.15. The molecule has 5 nitrogen and oxygen atoms in total. The van der Waals surface area contributed by atoms with Gasteiger partial charge in [0.15, 0.2) is 0 Å². The largest absolute Gasteiger partial charge is 0.351 e. The van der Waals surface area contributed by atoms with Crippen LogP contribution in [0.2, 0.25) is 10.0 Å². The maximum Gasteiger partial charge on any atom is 0.316 e. The van der Waals surface area contributed by atoms with Crippen molar-refractivity contribution in [3.63, 3.8) is 0 Å². The smallest absolute Gasteiger partial charge is 0.316 e. The SMILES string of the molecule is CC(NC(=O)c1cccc(Cl)c1Cl)c1ccc(NC(N)=O)cc1. The summed E-state index contributed by atoms with van der Waals surface area (Å²) in [5, 5.41) is 5.87. The van der Waals surface area contributed by atoms with E-state index in [0.29, 0.717) is 16.3 Å². The van der Waals surface area contributed by atoms with Gasteiger partial charge in [-0.15, -0.1) is 0 Å². The summed E-state index contributed by atoms with van der Waals surface area (Å²) in [6.45, 7) is 1.84. The monoisotopic (exact) mass is 351 g/mol. The maximum atomic E-state index is 12.3. The lowest BCUT2D eigenvalue weighted by molar-refractivity contribution is 0.0940. The summed E-state index contributed by atoms with van der Waals surface area (Å²) < 4.78 is 0. The fourth-order valence-corrected chi connectivity index (χ4v) is 2.42. The first-order valence-electron chi connectivity index (χ1n) is 6.79. The molecular weight excluding hydrogens is 337 g/mol. The number of nitrogens with two attached hydrogens (primary N) is 1. The van der Waals surface area contributed by atoms with E-state index in [-0.39, 0.29) is 17.0 Å². The summed E-state index contributed by atoms with van der Waals surface area (Å²) >= 11 is 12.0. The molecule has 0 saturated carbocycles. The van der Waals surface area contributed by atoms with Crippen LogP contribution in [-0.2, 0) is 0 Å². The lowest BCUT2D eigenvalue weighted by atomic mass is 10.1. The fourth-order valence-electron chi connectivity index (χ4n) is 2.03. The third-order valence-electron chi connectivity index (χ3n) is 3.22. The van der Waals surface area contributed by atoms with Gasteiger partial charge in [0.25, 0.3) is 5.91 Å². The van der Waals surface area contributed by atoms with E-state index in [1.54, 1.807) is 42.5 Å². The van der Waals surface area contributed by atoms with E-state index in [1.165, 1.54) is 0 Å². The van der Waals surface area contributed by atoms with Crippen molar-refractivity contribution in [1.82, 2.24) is 5.32 Å². The van der Waals surface area contributed by atoms with Gasteiger partial charge in [-0.25, -0.2) is 4.79 Å². The Morgan fingerprint density at radius 3 is 2.35 bits per heavy atom. The minimum Gasteiger partial charge on any atom is -0.351 e. The molecule has 23 heavy (non-hydrogen) atoms. The van der Waals surface area contributed by atoms with Crippen LogP contribution in [0.1, 0.15) is 28.9 Å². The van der Waals surface area contributed by atoms with E-state index in [0.717, 1.165) is 5.56 Å². The van der Waals surface area contributed by atoms with E-state index >= 15 is 0 Å². The van der Waals surface area contributed by atoms with E-state index < -0.39 is 6.03 Å². The van der Waals surface area contributed by atoms with E-state index in [4.69, 9.17) is 28.9 Å². The minimum atomic E-state index is -0.630. The molecular formula is C16H15Cl2N3O2. The highest BCUT2D eigenvalue weighted by molar-refractivity contribution is 6.43. The normalized spacial score (nSPS) is 11.6. The first-order chi connectivity index (χ1) is 10.9. The van der Waals surface area contributed by atoms with Crippen LogP contribution in [0.5, 0.6) is 0 Å². The van der Waals surface area contributed by atoms with Gasteiger partial charge in [0, 0.05) is 5.69 Å². The molecule has 0 aliphatic carbocycles. The Morgan fingerprint density at radius 2 is 1.74 bits per heavy atom. The van der Waals surface area contributed by atoms with Gasteiger partial charge in [0.1, 0.15) is 0 Å². The van der Waals surface area contributed by atoms with Crippen LogP contribution in [-0.4, -0.2) is 11.9 Å². The molecule has 120 valence electrons. The number of carbonyl (C=O) groups excluding carboxylic acids is 2. The van der Waals surface area contributed by atoms with Crippen molar-refractivity contribution in [2.45, 2.75) is 13.0 Å². The molecule has 1 unspecified atom stereocenters. The Hall–Kier alpha value is -2.24. The number of primary amides is 1. The van der Waals surface area contributed by atoms with E-state index in [1.807, 2.05) is 6.92 Å². The minimum absolute atomic E-state index is 0.222. The molecule has 2 aromatic carbocycles. The summed E-state index contributed by atoms with van der Waals surface area (Å²) in [6, 6.07) is 11.0. The molecule has 0 aromatic heterocycles. The van der Waals surface area contributed by atoms with Crippen LogP contribution in [0.25, 0.3) is 0 Å². The number of halogens is 2. The Bertz CT molecular complexity index is 733. The molecule has 0 aliphatic rings. The van der Waals surface area contributed by atoms with Crippen molar-refractivity contribution in [2.24, 2.45) is 5.73 Å². The van der Waals surface area contributed by atoms with Crippen molar-refractivity contribution in [2.75, 3.05) is 5.32 Å². The van der Waals surface area contributed by atoms with E-state index in [9.17, 15) is 9.59 Å². The first-order valence-corrected chi connectivity index (χ1v) is 7.55. The van der Waals surface area contributed by atoms with Gasteiger partial charge in [-0.1, -0.05) is 41.4 Å². The first kappa shape index (κ1) is 17.1. The summed E-state index contributed by atoms with van der Waals surface area (Å²) in [4.78, 5) is 23.1. The highest BCUT2D eigenvalue weighted by atomic mass is 35.5. The number of nitrogens with one attached hydrogen (secondary N) is 2. The number of urea groups is 1. The number of anilines is 1. The van der Waals surface area contributed by atoms with Crippen molar-refractivity contribution in [1.29, 1.82) is 0 Å². The van der Waals surface area contributed by atoms with Gasteiger partial charge < -0.3 is 16.4 Å². The molecule has 1 atom stereocenters. The number of amides is 3. The van der Waals surface area contributed by atoms with Crippen molar-refractivity contribution in [3.05, 3.63) is 63.6 Å². The van der Waals surface area contributed by atoms with Crippen LogP contribution in [0.4, 0.5) is 10.5 Å². The van der Waals surface area contributed by atoms with Crippen LogP contribution >= 0.6 is 23.2 Å². The molecule has 0 heterocycles. The van der Waals surface area contributed by atoms with Crippen molar-refractivity contribution >= 4 is 40.8 Å². The predicted octanol–water partition coefficient (Wildman–Crippen LogP) is 3.98. The molecule has 3 amide bonds. The lowest BCUT2D eigenvalue weighted by Gasteiger charge is -2.15. The summed E-state index contributed by atoms with van der Waals surface area (Å²) in [6.07, 6.45) is 0. The molecule has 0 bridgehead atoms. The average molecular weight is 352 g/mol. The number of hydrogen-bond acceptors (Lipinski definition) is 2. The zero-order valence-corrected chi connectivity index (χ0v) is 13.8. The van der Waals surface area contributed by atoms with Crippen molar-refractivity contribution < 1.29 is 9.59 Å². The Kier molecular flexibility index (Phi) is 5.47. The summed E-state index contributed by atoms with van der Waals surface area (Å²) in [5.74, 6) is -0.315. The molecule has 0 spiro atoms. The molecule has 0 aliphatic heterocycles. The standard InChI is InChI=1S/C16H15Cl2N3O2/c1-9(10-5-7-11(8-6-10)21-16(19)23)20-15(22)12-3-2-4-13(17)14(12)18/h2-9H,1H3,(H,20,22)(H3,19,21,23). The Balaban J connectivity index is 2.09. The predicted molar refractivity (Wildman–Crippen MR) is 92.0 cm³/mol. The third-order valence-corrected chi connectivity index (χ3v) is 4.04. The fraction of sp³-hybridized carbons (Fsp3) is 0.125. The second kappa shape index (κ2) is 7.35. The number of rotatable bonds is 4. The molecule has 2 rings (SSSR count). The molecule has 0 saturated heterocycles. The van der Waals surface area contributed by atoms with Gasteiger partial charge >= 0.3 is 6.03 Å². The molecule has 4 N–H and O–H groups in total. The lowest BCUT2D eigenvalue weighted by Crippen LogP contribution is -2.27. The zero-order chi connectivity index (χ0) is 17.0. The second-order valence-electron chi connectivity index (χ2n) is 4.91. The molecule has 0 fully saturated rings.